The highest BCUT2D eigenvalue weighted by molar-refractivity contribution is 9.10. The highest BCUT2D eigenvalue weighted by Gasteiger charge is 2.40. The van der Waals surface area contributed by atoms with Gasteiger partial charge in [0.05, 0.1) is 17.4 Å². The van der Waals surface area contributed by atoms with Gasteiger partial charge in [-0.05, 0) is 60.7 Å². The molecule has 1 saturated heterocycles. The van der Waals surface area contributed by atoms with Gasteiger partial charge in [0, 0.05) is 28.5 Å². The number of halogens is 1. The molecule has 1 aliphatic heterocycles. The molecule has 2 aliphatic rings. The van der Waals surface area contributed by atoms with Crippen molar-refractivity contribution in [1.29, 1.82) is 0 Å². The van der Waals surface area contributed by atoms with Crippen molar-refractivity contribution in [1.82, 2.24) is 14.9 Å². The molecule has 2 aromatic carbocycles. The Balaban J connectivity index is 1.48. The summed E-state index contributed by atoms with van der Waals surface area (Å²) in [6.45, 7) is 0.841. The number of piperidine rings is 1. The highest BCUT2D eigenvalue weighted by Crippen LogP contribution is 2.43. The molecule has 1 fully saturated rings. The molecule has 1 aromatic heterocycles. The van der Waals surface area contributed by atoms with Gasteiger partial charge in [0.25, 0.3) is 5.91 Å². The first-order valence-electron chi connectivity index (χ1n) is 8.73. The fraction of sp³-hybridized carbons (Fsp3) is 0.300. The van der Waals surface area contributed by atoms with Crippen LogP contribution in [-0.2, 0) is 6.42 Å². The largest absolute Gasteiger partial charge is 0.345 e. The summed E-state index contributed by atoms with van der Waals surface area (Å²) in [5.74, 6) is 0.599. The standard InChI is InChI=1S/C20H18BrN3O/c21-14-4-5-15-13(8-14)10-19-16(15)2-1-7-24(19)20(25)12-3-6-17-18(9-12)23-11-22-17/h3-6,8-9,11,16,19H,1-2,7,10H2,(H,22,23). The minimum Gasteiger partial charge on any atom is -0.345 e. The Morgan fingerprint density at radius 2 is 2.16 bits per heavy atom. The number of hydrogen-bond acceptors (Lipinski definition) is 2. The SMILES string of the molecule is O=C(c1ccc2[nH]cnc2c1)N1CCCC2c3ccc(Br)cc3CC21. The number of nitrogens with one attached hydrogen (secondary N) is 1. The van der Waals surface area contributed by atoms with E-state index >= 15 is 0 Å². The average Bonchev–Trinajstić information content (AvgIpc) is 3.23. The normalized spacial score (nSPS) is 22.0. The number of rotatable bonds is 1. The maximum absolute atomic E-state index is 13.2. The van der Waals surface area contributed by atoms with Crippen molar-refractivity contribution in [3.63, 3.8) is 0 Å². The van der Waals surface area contributed by atoms with Gasteiger partial charge in [0.15, 0.2) is 0 Å². The summed E-state index contributed by atoms with van der Waals surface area (Å²) in [6.07, 6.45) is 4.85. The molecule has 1 aliphatic carbocycles. The monoisotopic (exact) mass is 395 g/mol. The molecule has 1 amide bonds. The van der Waals surface area contributed by atoms with Crippen molar-refractivity contribution in [3.05, 3.63) is 63.9 Å². The van der Waals surface area contributed by atoms with E-state index in [1.54, 1.807) is 6.33 Å². The smallest absolute Gasteiger partial charge is 0.254 e. The second-order valence-electron chi connectivity index (χ2n) is 7.00. The number of hydrogen-bond donors (Lipinski definition) is 1. The molecular weight excluding hydrogens is 378 g/mol. The first-order chi connectivity index (χ1) is 12.2. The van der Waals surface area contributed by atoms with Crippen molar-refractivity contribution in [2.24, 2.45) is 0 Å². The predicted octanol–water partition coefficient (Wildman–Crippen LogP) is 4.27. The second-order valence-corrected chi connectivity index (χ2v) is 7.91. The minimum absolute atomic E-state index is 0.131. The molecule has 126 valence electrons. The van der Waals surface area contributed by atoms with E-state index in [0.29, 0.717) is 5.92 Å². The van der Waals surface area contributed by atoms with E-state index in [1.807, 2.05) is 18.2 Å². The zero-order valence-corrected chi connectivity index (χ0v) is 15.3. The van der Waals surface area contributed by atoms with Crippen LogP contribution in [0.25, 0.3) is 11.0 Å². The maximum Gasteiger partial charge on any atom is 0.254 e. The van der Waals surface area contributed by atoms with Gasteiger partial charge in [-0.25, -0.2) is 4.98 Å². The third-order valence-electron chi connectivity index (χ3n) is 5.64. The van der Waals surface area contributed by atoms with Gasteiger partial charge in [-0.2, -0.15) is 0 Å². The van der Waals surface area contributed by atoms with Crippen LogP contribution in [0.1, 0.15) is 40.2 Å². The van der Waals surface area contributed by atoms with Gasteiger partial charge < -0.3 is 9.88 Å². The summed E-state index contributed by atoms with van der Waals surface area (Å²) in [5, 5.41) is 0. The molecule has 5 rings (SSSR count). The van der Waals surface area contributed by atoms with E-state index in [9.17, 15) is 4.79 Å². The first kappa shape index (κ1) is 15.1. The number of amides is 1. The lowest BCUT2D eigenvalue weighted by atomic mass is 9.88. The van der Waals surface area contributed by atoms with Crippen molar-refractivity contribution in [3.8, 4) is 0 Å². The zero-order valence-electron chi connectivity index (χ0n) is 13.7. The van der Waals surface area contributed by atoms with Crippen LogP contribution < -0.4 is 0 Å². The number of fused-ring (bicyclic) bond motifs is 4. The number of carbonyl (C=O) groups excluding carboxylic acids is 1. The van der Waals surface area contributed by atoms with Crippen molar-refractivity contribution < 1.29 is 4.79 Å². The number of aromatic nitrogens is 2. The Morgan fingerprint density at radius 3 is 3.08 bits per heavy atom. The van der Waals surface area contributed by atoms with E-state index in [-0.39, 0.29) is 11.9 Å². The fourth-order valence-corrected chi connectivity index (χ4v) is 4.90. The minimum atomic E-state index is 0.131. The molecule has 0 saturated carbocycles. The number of aromatic amines is 1. The quantitative estimate of drug-likeness (QED) is 0.668. The Bertz CT molecular complexity index is 980. The topological polar surface area (TPSA) is 49.0 Å². The van der Waals surface area contributed by atoms with Crippen LogP contribution in [0.5, 0.6) is 0 Å². The van der Waals surface area contributed by atoms with Crippen LogP contribution in [-0.4, -0.2) is 33.4 Å². The van der Waals surface area contributed by atoms with E-state index < -0.39 is 0 Å². The molecule has 1 N–H and O–H groups in total. The van der Waals surface area contributed by atoms with Gasteiger partial charge >= 0.3 is 0 Å². The number of benzene rings is 2. The third-order valence-corrected chi connectivity index (χ3v) is 6.13. The van der Waals surface area contributed by atoms with Gasteiger partial charge in [0.2, 0.25) is 0 Å². The summed E-state index contributed by atoms with van der Waals surface area (Å²) in [6, 6.07) is 12.6. The molecule has 0 spiro atoms. The molecule has 5 heteroatoms. The lowest BCUT2D eigenvalue weighted by molar-refractivity contribution is 0.0595. The molecule has 2 atom stereocenters. The lowest BCUT2D eigenvalue weighted by Gasteiger charge is -2.38. The van der Waals surface area contributed by atoms with Crippen molar-refractivity contribution in [2.45, 2.75) is 31.2 Å². The van der Waals surface area contributed by atoms with E-state index in [4.69, 9.17) is 0 Å². The molecule has 0 radical (unpaired) electrons. The fourth-order valence-electron chi connectivity index (χ4n) is 4.49. The van der Waals surface area contributed by atoms with Crippen LogP contribution in [0.15, 0.2) is 47.2 Å². The van der Waals surface area contributed by atoms with E-state index in [1.165, 1.54) is 17.5 Å². The molecule has 25 heavy (non-hydrogen) atoms. The molecule has 2 unspecified atom stereocenters. The maximum atomic E-state index is 13.2. The van der Waals surface area contributed by atoms with Crippen molar-refractivity contribution >= 4 is 32.9 Å². The second kappa shape index (κ2) is 5.70. The summed E-state index contributed by atoms with van der Waals surface area (Å²) < 4.78 is 1.12. The van der Waals surface area contributed by atoms with Gasteiger partial charge in [-0.15, -0.1) is 0 Å². The van der Waals surface area contributed by atoms with Gasteiger partial charge in [-0.3, -0.25) is 4.79 Å². The van der Waals surface area contributed by atoms with Gasteiger partial charge in [0.1, 0.15) is 0 Å². The number of likely N-dealkylation sites (tertiary alicyclic amines) is 1. The number of nitrogens with zero attached hydrogens (tertiary/aromatic N) is 2. The summed E-state index contributed by atoms with van der Waals surface area (Å²) in [5.41, 5.74) is 5.35. The lowest BCUT2D eigenvalue weighted by Crippen LogP contribution is -2.46. The molecular formula is C20H18BrN3O. The van der Waals surface area contributed by atoms with E-state index in [2.05, 4.69) is 49.0 Å². The van der Waals surface area contributed by atoms with Crippen LogP contribution in [0, 0.1) is 0 Å². The highest BCUT2D eigenvalue weighted by atomic mass is 79.9. The summed E-state index contributed by atoms with van der Waals surface area (Å²) in [4.78, 5) is 22.7. The summed E-state index contributed by atoms with van der Waals surface area (Å²) in [7, 11) is 0. The van der Waals surface area contributed by atoms with Crippen molar-refractivity contribution in [2.75, 3.05) is 6.54 Å². The predicted molar refractivity (Wildman–Crippen MR) is 101 cm³/mol. The molecule has 0 bridgehead atoms. The molecule has 4 nitrogen and oxygen atoms in total. The summed E-state index contributed by atoms with van der Waals surface area (Å²) >= 11 is 3.57. The number of H-pyrrole nitrogens is 1. The zero-order chi connectivity index (χ0) is 17.0. The average molecular weight is 396 g/mol. The number of imidazole rings is 1. The van der Waals surface area contributed by atoms with E-state index in [0.717, 1.165) is 40.5 Å². The van der Waals surface area contributed by atoms with Crippen LogP contribution in [0.2, 0.25) is 0 Å². The van der Waals surface area contributed by atoms with Crippen LogP contribution in [0.4, 0.5) is 0 Å². The van der Waals surface area contributed by atoms with Crippen LogP contribution in [0.3, 0.4) is 0 Å². The molecule has 3 aromatic rings. The Hall–Kier alpha value is -2.14. The Morgan fingerprint density at radius 1 is 1.24 bits per heavy atom. The Labute approximate surface area is 154 Å². The van der Waals surface area contributed by atoms with Crippen LogP contribution >= 0.6 is 15.9 Å². The Kier molecular flexibility index (Phi) is 3.45. The number of carbonyl (C=O) groups is 1. The molecule has 2 heterocycles. The first-order valence-corrected chi connectivity index (χ1v) is 9.52. The van der Waals surface area contributed by atoms with Gasteiger partial charge in [-0.1, -0.05) is 22.0 Å². The third kappa shape index (κ3) is 2.41.